The lowest BCUT2D eigenvalue weighted by Crippen LogP contribution is -2.24. The summed E-state index contributed by atoms with van der Waals surface area (Å²) < 4.78 is 0. The van der Waals surface area contributed by atoms with Gasteiger partial charge in [0.15, 0.2) is 0 Å². The number of carbonyl (C=O) groups is 1. The third-order valence-electron chi connectivity index (χ3n) is 3.19. The number of rotatable bonds is 5. The molecule has 7 heteroatoms. The van der Waals surface area contributed by atoms with E-state index in [-0.39, 0.29) is 12.2 Å². The number of carboxylic acids is 1. The Balaban J connectivity index is 2.09. The van der Waals surface area contributed by atoms with Gasteiger partial charge >= 0.3 is 5.97 Å². The zero-order valence-electron chi connectivity index (χ0n) is 9.84. The Morgan fingerprint density at radius 2 is 2.33 bits per heavy atom. The molecule has 96 valence electrons. The maximum absolute atomic E-state index is 11.0. The van der Waals surface area contributed by atoms with Crippen LogP contribution in [-0.2, 0) is 4.79 Å². The topological polar surface area (TPSA) is 105 Å². The highest BCUT2D eigenvalue weighted by Crippen LogP contribution is 2.45. The minimum atomic E-state index is -0.836. The van der Waals surface area contributed by atoms with Crippen LogP contribution in [0.25, 0.3) is 0 Å². The third kappa shape index (κ3) is 2.24. The lowest BCUT2D eigenvalue weighted by atomic mass is 10.1. The molecule has 0 radical (unpaired) electrons. The van der Waals surface area contributed by atoms with E-state index in [0.717, 1.165) is 0 Å². The maximum atomic E-state index is 11.0. The van der Waals surface area contributed by atoms with Crippen LogP contribution >= 0.6 is 0 Å². The molecule has 0 bridgehead atoms. The van der Waals surface area contributed by atoms with Crippen LogP contribution < -0.4 is 5.32 Å². The van der Waals surface area contributed by atoms with Gasteiger partial charge in [-0.15, -0.1) is 0 Å². The molecule has 1 saturated carbocycles. The van der Waals surface area contributed by atoms with Crippen LogP contribution in [0.15, 0.2) is 12.3 Å². The summed E-state index contributed by atoms with van der Waals surface area (Å²) in [5.74, 6) is -0.503. The lowest BCUT2D eigenvalue weighted by Gasteiger charge is -2.11. The highest BCUT2D eigenvalue weighted by Gasteiger charge is 2.50. The van der Waals surface area contributed by atoms with Crippen molar-refractivity contribution in [1.29, 1.82) is 0 Å². The minimum Gasteiger partial charge on any atom is -0.481 e. The molecule has 0 spiro atoms. The van der Waals surface area contributed by atoms with E-state index in [2.05, 4.69) is 10.3 Å². The van der Waals surface area contributed by atoms with Crippen molar-refractivity contribution in [2.45, 2.75) is 19.8 Å². The van der Waals surface area contributed by atoms with Gasteiger partial charge in [-0.25, -0.2) is 4.98 Å². The van der Waals surface area contributed by atoms with E-state index < -0.39 is 16.3 Å². The van der Waals surface area contributed by atoms with Gasteiger partial charge < -0.3 is 10.4 Å². The van der Waals surface area contributed by atoms with Gasteiger partial charge in [0.05, 0.1) is 16.4 Å². The number of carboxylic acid groups (broad SMARTS) is 1. The van der Waals surface area contributed by atoms with Gasteiger partial charge in [-0.1, -0.05) is 0 Å². The molecule has 1 aliphatic rings. The number of aryl methyl sites for hydroxylation is 1. The lowest BCUT2D eigenvalue weighted by molar-refractivity contribution is -0.385. The molecular formula is C11H13N3O4. The van der Waals surface area contributed by atoms with E-state index in [1.165, 1.54) is 12.3 Å². The zero-order chi connectivity index (χ0) is 13.3. The fraction of sp³-hybridized carbons (Fsp3) is 0.455. The number of anilines is 1. The van der Waals surface area contributed by atoms with Crippen molar-refractivity contribution in [3.05, 3.63) is 27.9 Å². The van der Waals surface area contributed by atoms with Crippen LogP contribution in [-0.4, -0.2) is 27.5 Å². The van der Waals surface area contributed by atoms with Gasteiger partial charge in [0, 0.05) is 18.3 Å². The SMILES string of the molecule is Cc1cnc(NCC2(C(=O)O)CC2)cc1[N+](=O)[O-]. The Morgan fingerprint density at radius 3 is 2.83 bits per heavy atom. The molecule has 7 nitrogen and oxygen atoms in total. The van der Waals surface area contributed by atoms with E-state index >= 15 is 0 Å². The second-order valence-electron chi connectivity index (χ2n) is 4.55. The summed E-state index contributed by atoms with van der Waals surface area (Å²) in [7, 11) is 0. The van der Waals surface area contributed by atoms with Crippen LogP contribution in [0.1, 0.15) is 18.4 Å². The number of pyridine rings is 1. The molecule has 0 atom stereocenters. The predicted octanol–water partition coefficient (Wildman–Crippen LogP) is 1.57. The molecule has 1 aliphatic carbocycles. The molecule has 1 heterocycles. The molecule has 2 rings (SSSR count). The Labute approximate surface area is 103 Å². The molecule has 0 saturated heterocycles. The molecule has 1 aromatic rings. The molecule has 0 aliphatic heterocycles. The summed E-state index contributed by atoms with van der Waals surface area (Å²) in [6.45, 7) is 1.85. The number of nitrogens with zero attached hydrogens (tertiary/aromatic N) is 2. The van der Waals surface area contributed by atoms with Crippen LogP contribution in [0.5, 0.6) is 0 Å². The van der Waals surface area contributed by atoms with E-state index in [9.17, 15) is 14.9 Å². The first-order chi connectivity index (χ1) is 8.44. The largest absolute Gasteiger partial charge is 0.481 e. The summed E-state index contributed by atoms with van der Waals surface area (Å²) in [5, 5.41) is 22.6. The zero-order valence-corrected chi connectivity index (χ0v) is 9.84. The smallest absolute Gasteiger partial charge is 0.311 e. The molecule has 0 aromatic carbocycles. The number of hydrogen-bond acceptors (Lipinski definition) is 5. The van der Waals surface area contributed by atoms with Gasteiger partial charge in [0.25, 0.3) is 5.69 Å². The Kier molecular flexibility index (Phi) is 2.90. The van der Waals surface area contributed by atoms with E-state index in [0.29, 0.717) is 24.2 Å². The third-order valence-corrected chi connectivity index (χ3v) is 3.19. The van der Waals surface area contributed by atoms with Gasteiger partial charge in [-0.3, -0.25) is 14.9 Å². The summed E-state index contributed by atoms with van der Waals surface area (Å²) in [6.07, 6.45) is 2.66. The quantitative estimate of drug-likeness (QED) is 0.607. The first-order valence-corrected chi connectivity index (χ1v) is 5.53. The average molecular weight is 251 g/mol. The average Bonchev–Trinajstić information content (AvgIpc) is 3.08. The van der Waals surface area contributed by atoms with Gasteiger partial charge in [-0.2, -0.15) is 0 Å². The minimum absolute atomic E-state index is 0.0207. The van der Waals surface area contributed by atoms with E-state index in [1.54, 1.807) is 6.92 Å². The normalized spacial score (nSPS) is 16.1. The summed E-state index contributed by atoms with van der Waals surface area (Å²) >= 11 is 0. The van der Waals surface area contributed by atoms with Crippen molar-refractivity contribution in [1.82, 2.24) is 4.98 Å². The molecule has 2 N–H and O–H groups in total. The fourth-order valence-corrected chi connectivity index (χ4v) is 1.68. The fourth-order valence-electron chi connectivity index (χ4n) is 1.68. The van der Waals surface area contributed by atoms with E-state index in [4.69, 9.17) is 5.11 Å². The Morgan fingerprint density at radius 1 is 1.67 bits per heavy atom. The molecule has 0 unspecified atom stereocenters. The predicted molar refractivity (Wildman–Crippen MR) is 63.4 cm³/mol. The van der Waals surface area contributed by atoms with Crippen molar-refractivity contribution < 1.29 is 14.8 Å². The molecule has 0 amide bonds. The van der Waals surface area contributed by atoms with Crippen molar-refractivity contribution in [2.75, 3.05) is 11.9 Å². The summed E-state index contributed by atoms with van der Waals surface area (Å²) in [5.41, 5.74) is -0.265. The van der Waals surface area contributed by atoms with Gasteiger partial charge in [0.2, 0.25) is 0 Å². The second-order valence-corrected chi connectivity index (χ2v) is 4.55. The van der Waals surface area contributed by atoms with Crippen molar-refractivity contribution in [3.63, 3.8) is 0 Å². The maximum Gasteiger partial charge on any atom is 0.311 e. The molecular weight excluding hydrogens is 238 g/mol. The number of hydrogen-bond donors (Lipinski definition) is 2. The number of aliphatic carboxylic acids is 1. The summed E-state index contributed by atoms with van der Waals surface area (Å²) in [6, 6.07) is 1.33. The first-order valence-electron chi connectivity index (χ1n) is 5.53. The highest BCUT2D eigenvalue weighted by molar-refractivity contribution is 5.78. The highest BCUT2D eigenvalue weighted by atomic mass is 16.6. The Bertz CT molecular complexity index is 511. The van der Waals surface area contributed by atoms with Gasteiger partial charge in [-0.05, 0) is 19.8 Å². The van der Waals surface area contributed by atoms with Crippen molar-refractivity contribution in [3.8, 4) is 0 Å². The second kappa shape index (κ2) is 4.25. The van der Waals surface area contributed by atoms with Gasteiger partial charge in [0.1, 0.15) is 5.82 Å². The molecule has 18 heavy (non-hydrogen) atoms. The first kappa shape index (κ1) is 12.3. The molecule has 1 aromatic heterocycles. The van der Waals surface area contributed by atoms with Crippen LogP contribution in [0.2, 0.25) is 0 Å². The van der Waals surface area contributed by atoms with Crippen molar-refractivity contribution in [2.24, 2.45) is 5.41 Å². The number of aromatic nitrogens is 1. The van der Waals surface area contributed by atoms with Crippen LogP contribution in [0.4, 0.5) is 11.5 Å². The summed E-state index contributed by atoms with van der Waals surface area (Å²) in [4.78, 5) is 25.2. The van der Waals surface area contributed by atoms with Crippen LogP contribution in [0, 0.1) is 22.5 Å². The molecule has 1 fully saturated rings. The van der Waals surface area contributed by atoms with Crippen LogP contribution in [0.3, 0.4) is 0 Å². The van der Waals surface area contributed by atoms with Crippen molar-refractivity contribution >= 4 is 17.5 Å². The Hall–Kier alpha value is -2.18. The number of nitrogens with one attached hydrogen (secondary N) is 1. The number of nitro groups is 1. The monoisotopic (exact) mass is 251 g/mol. The standard InChI is InChI=1S/C11H13N3O4/c1-7-5-12-9(4-8(7)14(17)18)13-6-11(2-3-11)10(15)16/h4-5H,2-3,6H2,1H3,(H,12,13)(H,15,16). The van der Waals surface area contributed by atoms with E-state index in [1.807, 2.05) is 0 Å².